The molecule has 2 N–H and O–H groups in total. The number of hydrogen-bond donors (Lipinski definition) is 1. The van der Waals surface area contributed by atoms with Gasteiger partial charge in [0.05, 0.1) is 6.61 Å². The molecule has 0 amide bonds. The van der Waals surface area contributed by atoms with Crippen LogP contribution in [-0.2, 0) is 17.9 Å². The highest BCUT2D eigenvalue weighted by atomic mass is 16.5. The van der Waals surface area contributed by atoms with Crippen LogP contribution in [0.2, 0.25) is 0 Å². The molecule has 0 atom stereocenters. The zero-order chi connectivity index (χ0) is 11.2. The summed E-state index contributed by atoms with van der Waals surface area (Å²) >= 11 is 0. The minimum atomic E-state index is 0.608. The van der Waals surface area contributed by atoms with Gasteiger partial charge in [0.15, 0.2) is 0 Å². The lowest BCUT2D eigenvalue weighted by Crippen LogP contribution is -2.05. The summed E-state index contributed by atoms with van der Waals surface area (Å²) in [4.78, 5) is 0. The molecule has 1 aromatic rings. The monoisotopic (exact) mass is 219 g/mol. The van der Waals surface area contributed by atoms with Crippen molar-refractivity contribution in [2.75, 3.05) is 6.61 Å². The average molecular weight is 219 g/mol. The molecule has 1 aromatic carbocycles. The van der Waals surface area contributed by atoms with Crippen LogP contribution in [0, 0.1) is 5.92 Å². The van der Waals surface area contributed by atoms with Gasteiger partial charge in [-0.1, -0.05) is 37.1 Å². The van der Waals surface area contributed by atoms with Crippen molar-refractivity contribution in [3.63, 3.8) is 0 Å². The highest BCUT2D eigenvalue weighted by molar-refractivity contribution is 5.22. The van der Waals surface area contributed by atoms with Gasteiger partial charge in [0.2, 0.25) is 0 Å². The summed E-state index contributed by atoms with van der Waals surface area (Å²) in [5.41, 5.74) is 8.03. The van der Waals surface area contributed by atoms with Crippen molar-refractivity contribution < 1.29 is 4.74 Å². The minimum absolute atomic E-state index is 0.608. The lowest BCUT2D eigenvalue weighted by molar-refractivity contribution is 0.0888. The van der Waals surface area contributed by atoms with Gasteiger partial charge >= 0.3 is 0 Å². The van der Waals surface area contributed by atoms with E-state index in [1.165, 1.54) is 36.8 Å². The van der Waals surface area contributed by atoms with Gasteiger partial charge in [-0.05, 0) is 29.9 Å². The molecule has 2 rings (SSSR count). The summed E-state index contributed by atoms with van der Waals surface area (Å²) in [5.74, 6) is 0.803. The molecule has 0 aromatic heterocycles. The Morgan fingerprint density at radius 1 is 1.19 bits per heavy atom. The molecule has 1 aliphatic rings. The first kappa shape index (κ1) is 11.6. The molecule has 0 unspecified atom stereocenters. The van der Waals surface area contributed by atoms with E-state index >= 15 is 0 Å². The predicted octanol–water partition coefficient (Wildman–Crippen LogP) is 2.85. The lowest BCUT2D eigenvalue weighted by atomic mass is 10.1. The summed E-state index contributed by atoms with van der Waals surface area (Å²) in [6.07, 6.45) is 5.47. The summed E-state index contributed by atoms with van der Waals surface area (Å²) in [6, 6.07) is 8.35. The fourth-order valence-electron chi connectivity index (χ4n) is 2.37. The fourth-order valence-corrected chi connectivity index (χ4v) is 2.37. The second-order valence-electron chi connectivity index (χ2n) is 4.69. The van der Waals surface area contributed by atoms with Gasteiger partial charge in [0.1, 0.15) is 0 Å². The molecule has 88 valence electrons. The van der Waals surface area contributed by atoms with Gasteiger partial charge in [0.25, 0.3) is 0 Å². The SMILES string of the molecule is NCc1cccc(COCC2CCCC2)c1. The standard InChI is InChI=1S/C14H21NO/c15-9-13-6-3-7-14(8-13)11-16-10-12-4-1-2-5-12/h3,6-8,12H,1-2,4-5,9-11,15H2. The molecule has 0 radical (unpaired) electrons. The Kier molecular flexibility index (Phi) is 4.37. The number of rotatable bonds is 5. The van der Waals surface area contributed by atoms with E-state index in [2.05, 4.69) is 24.3 Å². The molecule has 1 fully saturated rings. The maximum Gasteiger partial charge on any atom is 0.0717 e. The smallest absolute Gasteiger partial charge is 0.0717 e. The predicted molar refractivity (Wildman–Crippen MR) is 65.9 cm³/mol. The Bertz CT molecular complexity index is 318. The van der Waals surface area contributed by atoms with Crippen molar-refractivity contribution in [1.82, 2.24) is 0 Å². The van der Waals surface area contributed by atoms with E-state index in [0.717, 1.165) is 19.1 Å². The van der Waals surface area contributed by atoms with Gasteiger partial charge < -0.3 is 10.5 Å². The number of nitrogens with two attached hydrogens (primary N) is 1. The van der Waals surface area contributed by atoms with Crippen LogP contribution in [0.4, 0.5) is 0 Å². The second-order valence-corrected chi connectivity index (χ2v) is 4.69. The summed E-state index contributed by atoms with van der Waals surface area (Å²) in [5, 5.41) is 0. The van der Waals surface area contributed by atoms with E-state index < -0.39 is 0 Å². The third kappa shape index (κ3) is 3.32. The first-order valence-corrected chi connectivity index (χ1v) is 6.24. The Labute approximate surface area is 97.8 Å². The van der Waals surface area contributed by atoms with E-state index in [1.54, 1.807) is 0 Å². The van der Waals surface area contributed by atoms with E-state index in [0.29, 0.717) is 6.54 Å². The normalized spacial score (nSPS) is 16.8. The number of ether oxygens (including phenoxy) is 1. The van der Waals surface area contributed by atoms with Crippen LogP contribution in [-0.4, -0.2) is 6.61 Å². The van der Waals surface area contributed by atoms with Gasteiger partial charge in [-0.25, -0.2) is 0 Å². The van der Waals surface area contributed by atoms with Crippen molar-refractivity contribution in [3.05, 3.63) is 35.4 Å². The van der Waals surface area contributed by atoms with Crippen molar-refractivity contribution in [2.24, 2.45) is 11.7 Å². The third-order valence-corrected chi connectivity index (χ3v) is 3.32. The van der Waals surface area contributed by atoms with Crippen LogP contribution in [0.15, 0.2) is 24.3 Å². The minimum Gasteiger partial charge on any atom is -0.376 e. The molecule has 0 bridgehead atoms. The zero-order valence-corrected chi connectivity index (χ0v) is 9.82. The first-order valence-electron chi connectivity index (χ1n) is 6.24. The average Bonchev–Trinajstić information content (AvgIpc) is 2.82. The maximum atomic E-state index is 5.76. The highest BCUT2D eigenvalue weighted by Crippen LogP contribution is 2.24. The van der Waals surface area contributed by atoms with Crippen LogP contribution in [0.1, 0.15) is 36.8 Å². The van der Waals surface area contributed by atoms with E-state index in [-0.39, 0.29) is 0 Å². The maximum absolute atomic E-state index is 5.76. The van der Waals surface area contributed by atoms with Crippen molar-refractivity contribution in [3.8, 4) is 0 Å². The summed E-state index contributed by atoms with van der Waals surface area (Å²) in [6.45, 7) is 2.26. The van der Waals surface area contributed by atoms with Crippen molar-refractivity contribution in [1.29, 1.82) is 0 Å². The van der Waals surface area contributed by atoms with Gasteiger partial charge in [-0.2, -0.15) is 0 Å². The van der Waals surface area contributed by atoms with Crippen LogP contribution < -0.4 is 5.73 Å². The number of benzene rings is 1. The molecule has 2 heteroatoms. The summed E-state index contributed by atoms with van der Waals surface area (Å²) in [7, 11) is 0. The Morgan fingerprint density at radius 3 is 2.69 bits per heavy atom. The Morgan fingerprint density at radius 2 is 1.94 bits per heavy atom. The quantitative estimate of drug-likeness (QED) is 0.826. The molecular weight excluding hydrogens is 198 g/mol. The van der Waals surface area contributed by atoms with Gasteiger partial charge in [0, 0.05) is 13.2 Å². The summed E-state index contributed by atoms with van der Waals surface area (Å²) < 4.78 is 5.76. The molecule has 16 heavy (non-hydrogen) atoms. The van der Waals surface area contributed by atoms with E-state index in [9.17, 15) is 0 Å². The second kappa shape index (κ2) is 6.02. The van der Waals surface area contributed by atoms with E-state index in [1.807, 2.05) is 0 Å². The van der Waals surface area contributed by atoms with Crippen LogP contribution in [0.5, 0.6) is 0 Å². The van der Waals surface area contributed by atoms with E-state index in [4.69, 9.17) is 10.5 Å². The molecule has 0 heterocycles. The highest BCUT2D eigenvalue weighted by Gasteiger charge is 2.14. The zero-order valence-electron chi connectivity index (χ0n) is 9.82. The molecular formula is C14H21NO. The molecule has 1 aliphatic carbocycles. The van der Waals surface area contributed by atoms with Crippen molar-refractivity contribution >= 4 is 0 Å². The molecule has 0 aliphatic heterocycles. The first-order chi connectivity index (χ1) is 7.88. The number of hydrogen-bond acceptors (Lipinski definition) is 2. The largest absolute Gasteiger partial charge is 0.376 e. The van der Waals surface area contributed by atoms with Crippen molar-refractivity contribution in [2.45, 2.75) is 38.8 Å². The topological polar surface area (TPSA) is 35.2 Å². The molecule has 0 saturated heterocycles. The Hall–Kier alpha value is -0.860. The molecule has 2 nitrogen and oxygen atoms in total. The van der Waals surface area contributed by atoms with Crippen LogP contribution >= 0.6 is 0 Å². The van der Waals surface area contributed by atoms with Crippen LogP contribution in [0.25, 0.3) is 0 Å². The molecule has 1 saturated carbocycles. The van der Waals surface area contributed by atoms with Gasteiger partial charge in [-0.3, -0.25) is 0 Å². The molecule has 0 spiro atoms. The Balaban J connectivity index is 1.75. The van der Waals surface area contributed by atoms with Crippen LogP contribution in [0.3, 0.4) is 0 Å². The third-order valence-electron chi connectivity index (χ3n) is 3.32. The fraction of sp³-hybridized carbons (Fsp3) is 0.571. The van der Waals surface area contributed by atoms with Gasteiger partial charge in [-0.15, -0.1) is 0 Å². The lowest BCUT2D eigenvalue weighted by Gasteiger charge is -2.10.